The second-order valence-electron chi connectivity index (χ2n) is 3.40. The monoisotopic (exact) mass is 186 g/mol. The fourth-order valence-corrected chi connectivity index (χ4v) is 1.62. The fraction of sp³-hybridized carbons (Fsp3) is 0.231. The van der Waals surface area contributed by atoms with Crippen molar-refractivity contribution >= 4 is 6.08 Å². The number of ether oxygens (including phenoxy) is 1. The van der Waals surface area contributed by atoms with Crippen molar-refractivity contribution in [2.75, 3.05) is 0 Å². The van der Waals surface area contributed by atoms with Gasteiger partial charge >= 0.3 is 0 Å². The van der Waals surface area contributed by atoms with Crippen LogP contribution in [0.1, 0.15) is 18.4 Å². The summed E-state index contributed by atoms with van der Waals surface area (Å²) in [6.45, 7) is 3.77. The largest absolute Gasteiger partial charge is 0.486 e. The lowest BCUT2D eigenvalue weighted by atomic mass is 10.2. The molecule has 1 heteroatoms. The molecule has 1 nitrogen and oxygen atoms in total. The summed E-state index contributed by atoms with van der Waals surface area (Å²) >= 11 is 0. The van der Waals surface area contributed by atoms with Crippen molar-refractivity contribution in [2.24, 2.45) is 0 Å². The summed E-state index contributed by atoms with van der Waals surface area (Å²) in [5.74, 6) is 0.930. The second-order valence-corrected chi connectivity index (χ2v) is 3.40. The third kappa shape index (κ3) is 1.87. The molecule has 0 spiro atoms. The molecule has 1 aliphatic carbocycles. The van der Waals surface area contributed by atoms with E-state index in [0.29, 0.717) is 0 Å². The fourth-order valence-electron chi connectivity index (χ4n) is 1.62. The van der Waals surface area contributed by atoms with Crippen molar-refractivity contribution in [3.63, 3.8) is 0 Å². The van der Waals surface area contributed by atoms with E-state index in [1.165, 1.54) is 0 Å². The molecule has 0 aliphatic heterocycles. The first kappa shape index (κ1) is 9.07. The molecule has 1 unspecified atom stereocenters. The zero-order valence-corrected chi connectivity index (χ0v) is 8.15. The third-order valence-corrected chi connectivity index (χ3v) is 2.39. The molecule has 0 aromatic heterocycles. The first-order valence-electron chi connectivity index (χ1n) is 4.95. The number of para-hydroxylation sites is 1. The average molecular weight is 186 g/mol. The van der Waals surface area contributed by atoms with Gasteiger partial charge in [0, 0.05) is 5.56 Å². The van der Waals surface area contributed by atoms with Gasteiger partial charge in [0.05, 0.1) is 0 Å². The summed E-state index contributed by atoms with van der Waals surface area (Å²) in [7, 11) is 0. The van der Waals surface area contributed by atoms with Gasteiger partial charge in [-0.1, -0.05) is 36.9 Å². The molecule has 2 rings (SSSR count). The van der Waals surface area contributed by atoms with Crippen molar-refractivity contribution in [2.45, 2.75) is 18.9 Å². The van der Waals surface area contributed by atoms with Crippen LogP contribution in [0.15, 0.2) is 43.0 Å². The highest BCUT2D eigenvalue weighted by molar-refractivity contribution is 5.55. The molecule has 1 atom stereocenters. The molecule has 0 saturated heterocycles. The SMILES string of the molecule is C=Cc1ccccc1OC1C=CCC1. The Morgan fingerprint density at radius 1 is 1.36 bits per heavy atom. The van der Waals surface area contributed by atoms with Crippen LogP contribution in [-0.2, 0) is 0 Å². The van der Waals surface area contributed by atoms with Gasteiger partial charge in [-0.05, 0) is 25.0 Å². The third-order valence-electron chi connectivity index (χ3n) is 2.39. The Hall–Kier alpha value is -1.50. The Labute approximate surface area is 84.7 Å². The number of rotatable bonds is 3. The predicted molar refractivity (Wildman–Crippen MR) is 59.3 cm³/mol. The van der Waals surface area contributed by atoms with Crippen LogP contribution in [0.25, 0.3) is 6.08 Å². The molecule has 1 aromatic carbocycles. The predicted octanol–water partition coefficient (Wildman–Crippen LogP) is 3.43. The van der Waals surface area contributed by atoms with Crippen molar-refractivity contribution < 1.29 is 4.74 Å². The van der Waals surface area contributed by atoms with E-state index in [1.54, 1.807) is 0 Å². The minimum atomic E-state index is 0.246. The number of benzene rings is 1. The minimum absolute atomic E-state index is 0.246. The van der Waals surface area contributed by atoms with Crippen LogP contribution in [0, 0.1) is 0 Å². The van der Waals surface area contributed by atoms with E-state index in [4.69, 9.17) is 4.74 Å². The highest BCUT2D eigenvalue weighted by Gasteiger charge is 2.11. The van der Waals surface area contributed by atoms with Crippen LogP contribution in [-0.4, -0.2) is 6.10 Å². The van der Waals surface area contributed by atoms with Gasteiger partial charge < -0.3 is 4.74 Å². The van der Waals surface area contributed by atoms with Crippen molar-refractivity contribution in [3.8, 4) is 5.75 Å². The standard InChI is InChI=1S/C13H14O/c1-2-11-7-3-6-10-13(11)14-12-8-4-5-9-12/h2-4,6-8,10,12H,1,5,9H2. The van der Waals surface area contributed by atoms with Crippen LogP contribution in [0.4, 0.5) is 0 Å². The summed E-state index contributed by atoms with van der Waals surface area (Å²) < 4.78 is 5.84. The van der Waals surface area contributed by atoms with Crippen LogP contribution < -0.4 is 4.74 Å². The van der Waals surface area contributed by atoms with Crippen LogP contribution in [0.3, 0.4) is 0 Å². The van der Waals surface area contributed by atoms with Crippen molar-refractivity contribution in [1.29, 1.82) is 0 Å². The van der Waals surface area contributed by atoms with Gasteiger partial charge in [-0.15, -0.1) is 0 Å². The normalized spacial score (nSPS) is 19.6. The lowest BCUT2D eigenvalue weighted by Crippen LogP contribution is -2.10. The Balaban J connectivity index is 2.14. The molecular weight excluding hydrogens is 172 g/mol. The molecule has 0 saturated carbocycles. The Morgan fingerprint density at radius 3 is 2.93 bits per heavy atom. The lowest BCUT2D eigenvalue weighted by Gasteiger charge is -2.13. The van der Waals surface area contributed by atoms with Crippen LogP contribution in [0.5, 0.6) is 5.75 Å². The molecule has 1 aromatic rings. The number of hydrogen-bond acceptors (Lipinski definition) is 1. The van der Waals surface area contributed by atoms with Gasteiger partial charge in [-0.2, -0.15) is 0 Å². The molecule has 0 radical (unpaired) electrons. The summed E-state index contributed by atoms with van der Waals surface area (Å²) in [5.41, 5.74) is 1.06. The summed E-state index contributed by atoms with van der Waals surface area (Å²) in [6, 6.07) is 7.99. The molecule has 0 N–H and O–H groups in total. The Bertz CT molecular complexity index is 352. The molecule has 0 amide bonds. The van der Waals surface area contributed by atoms with Gasteiger partial charge in [0.2, 0.25) is 0 Å². The molecule has 1 aliphatic rings. The second kappa shape index (κ2) is 4.14. The Kier molecular flexibility index (Phi) is 2.68. The maximum atomic E-state index is 5.84. The van der Waals surface area contributed by atoms with E-state index in [9.17, 15) is 0 Å². The quantitative estimate of drug-likeness (QED) is 0.657. The highest BCUT2D eigenvalue weighted by atomic mass is 16.5. The molecule has 0 fully saturated rings. The van der Waals surface area contributed by atoms with Gasteiger partial charge in [-0.25, -0.2) is 0 Å². The van der Waals surface area contributed by atoms with E-state index in [1.807, 2.05) is 30.3 Å². The molecular formula is C13H14O. The molecule has 0 bridgehead atoms. The minimum Gasteiger partial charge on any atom is -0.486 e. The van der Waals surface area contributed by atoms with E-state index in [-0.39, 0.29) is 6.10 Å². The van der Waals surface area contributed by atoms with Gasteiger partial charge in [0.25, 0.3) is 0 Å². The van der Waals surface area contributed by atoms with Crippen molar-refractivity contribution in [3.05, 3.63) is 48.6 Å². The van der Waals surface area contributed by atoms with Crippen molar-refractivity contribution in [1.82, 2.24) is 0 Å². The summed E-state index contributed by atoms with van der Waals surface area (Å²) in [6.07, 6.45) is 8.58. The highest BCUT2D eigenvalue weighted by Crippen LogP contribution is 2.23. The first-order valence-corrected chi connectivity index (χ1v) is 4.95. The van der Waals surface area contributed by atoms with Gasteiger partial charge in [0.15, 0.2) is 0 Å². The molecule has 0 heterocycles. The van der Waals surface area contributed by atoms with E-state index in [2.05, 4.69) is 18.7 Å². The summed E-state index contributed by atoms with van der Waals surface area (Å²) in [5, 5.41) is 0. The van der Waals surface area contributed by atoms with Crippen LogP contribution in [0.2, 0.25) is 0 Å². The molecule has 14 heavy (non-hydrogen) atoms. The lowest BCUT2D eigenvalue weighted by molar-refractivity contribution is 0.248. The van der Waals surface area contributed by atoms with E-state index >= 15 is 0 Å². The van der Waals surface area contributed by atoms with Gasteiger partial charge in [-0.3, -0.25) is 0 Å². The van der Waals surface area contributed by atoms with E-state index < -0.39 is 0 Å². The maximum Gasteiger partial charge on any atom is 0.127 e. The zero-order chi connectivity index (χ0) is 9.80. The summed E-state index contributed by atoms with van der Waals surface area (Å²) in [4.78, 5) is 0. The van der Waals surface area contributed by atoms with E-state index in [0.717, 1.165) is 24.2 Å². The number of allylic oxidation sites excluding steroid dienone is 1. The topological polar surface area (TPSA) is 9.23 Å². The van der Waals surface area contributed by atoms with Gasteiger partial charge in [0.1, 0.15) is 11.9 Å². The maximum absolute atomic E-state index is 5.84. The first-order chi connectivity index (χ1) is 6.90. The van der Waals surface area contributed by atoms with Crippen LogP contribution >= 0.6 is 0 Å². The number of hydrogen-bond donors (Lipinski definition) is 0. The molecule has 72 valence electrons. The smallest absolute Gasteiger partial charge is 0.127 e. The zero-order valence-electron chi connectivity index (χ0n) is 8.15. The average Bonchev–Trinajstić information content (AvgIpc) is 2.71. The Morgan fingerprint density at radius 2 is 2.21 bits per heavy atom.